The number of hydrogen-bond donors (Lipinski definition) is 2. The van der Waals surface area contributed by atoms with E-state index in [4.69, 9.17) is 5.73 Å². The number of hydrogen-bond acceptors (Lipinski definition) is 6. The lowest BCUT2D eigenvalue weighted by molar-refractivity contribution is -0.148. The first-order valence-electron chi connectivity index (χ1n) is 12.3. The summed E-state index contributed by atoms with van der Waals surface area (Å²) in [5, 5.41) is 4.28. The van der Waals surface area contributed by atoms with Gasteiger partial charge >= 0.3 is 6.18 Å². The summed E-state index contributed by atoms with van der Waals surface area (Å²) in [4.78, 5) is 36.2. The summed E-state index contributed by atoms with van der Waals surface area (Å²) < 4.78 is 39.4. The first-order valence-corrected chi connectivity index (χ1v) is 12.3. The highest BCUT2D eigenvalue weighted by atomic mass is 19.4. The third kappa shape index (κ3) is 5.85. The van der Waals surface area contributed by atoms with Crippen molar-refractivity contribution in [2.45, 2.75) is 13.1 Å². The number of aromatic nitrogens is 4. The molecule has 0 unspecified atom stereocenters. The number of H-pyrrole nitrogens is 1. The summed E-state index contributed by atoms with van der Waals surface area (Å²) in [6.45, 7) is 1.62. The van der Waals surface area contributed by atoms with Crippen molar-refractivity contribution in [3.8, 4) is 5.69 Å². The van der Waals surface area contributed by atoms with Gasteiger partial charge in [-0.05, 0) is 48.9 Å². The van der Waals surface area contributed by atoms with Crippen LogP contribution >= 0.6 is 0 Å². The second-order valence-electron chi connectivity index (χ2n) is 9.39. The number of aryl methyl sites for hydroxylation is 1. The number of amides is 1. The van der Waals surface area contributed by atoms with E-state index in [9.17, 15) is 22.8 Å². The molecule has 0 aliphatic carbocycles. The molecule has 1 aliphatic rings. The number of fused-ring (bicyclic) bond motifs is 1. The van der Waals surface area contributed by atoms with Crippen molar-refractivity contribution in [1.82, 2.24) is 29.5 Å². The second-order valence-corrected chi connectivity index (χ2v) is 9.39. The lowest BCUT2D eigenvalue weighted by Crippen LogP contribution is -2.50. The van der Waals surface area contributed by atoms with Gasteiger partial charge < -0.3 is 15.6 Å². The number of benzene rings is 2. The fourth-order valence-corrected chi connectivity index (χ4v) is 4.59. The van der Waals surface area contributed by atoms with Crippen molar-refractivity contribution >= 4 is 34.6 Å². The zero-order valence-corrected chi connectivity index (χ0v) is 21.1. The summed E-state index contributed by atoms with van der Waals surface area (Å²) >= 11 is 0. The molecule has 5 rings (SSSR count). The van der Waals surface area contributed by atoms with Gasteiger partial charge in [-0.25, -0.2) is 9.67 Å². The van der Waals surface area contributed by atoms with E-state index in [2.05, 4.69) is 15.1 Å². The number of ketones is 1. The topological polar surface area (TPSA) is 113 Å². The number of rotatable bonds is 6. The smallest absolute Gasteiger partial charge is 0.383 e. The molecule has 39 heavy (non-hydrogen) atoms. The van der Waals surface area contributed by atoms with Crippen LogP contribution in [-0.4, -0.2) is 80.1 Å². The Morgan fingerprint density at radius 1 is 1.10 bits per heavy atom. The minimum absolute atomic E-state index is 0.157. The molecular weight excluding hydrogens is 511 g/mol. The number of aromatic amines is 1. The molecule has 0 bridgehead atoms. The summed E-state index contributed by atoms with van der Waals surface area (Å²) in [5.41, 5.74) is 9.81. The zero-order chi connectivity index (χ0) is 27.7. The van der Waals surface area contributed by atoms with E-state index in [1.165, 1.54) is 26.8 Å². The highest BCUT2D eigenvalue weighted by molar-refractivity contribution is 6.09. The van der Waals surface area contributed by atoms with Gasteiger partial charge in [0.15, 0.2) is 5.78 Å². The Balaban J connectivity index is 1.25. The number of nitrogens with one attached hydrogen (secondary N) is 1. The molecule has 4 aromatic rings. The molecule has 12 heteroatoms. The minimum Gasteiger partial charge on any atom is -0.383 e. The molecule has 1 fully saturated rings. The first-order chi connectivity index (χ1) is 18.6. The fraction of sp³-hybridized carbons (Fsp3) is 0.259. The van der Waals surface area contributed by atoms with Crippen molar-refractivity contribution in [3.63, 3.8) is 0 Å². The van der Waals surface area contributed by atoms with Crippen LogP contribution in [0.25, 0.3) is 22.8 Å². The number of imidazole rings is 1. The Hall–Kier alpha value is -4.45. The van der Waals surface area contributed by atoms with Gasteiger partial charge in [-0.2, -0.15) is 18.3 Å². The number of nitrogen functional groups attached to an aromatic ring is 1. The van der Waals surface area contributed by atoms with Gasteiger partial charge in [-0.1, -0.05) is 18.2 Å². The monoisotopic (exact) mass is 537 g/mol. The highest BCUT2D eigenvalue weighted by Gasteiger charge is 2.33. The van der Waals surface area contributed by atoms with Crippen LogP contribution in [0.5, 0.6) is 0 Å². The number of nitrogens with zero attached hydrogens (tertiary/aromatic N) is 5. The van der Waals surface area contributed by atoms with E-state index < -0.39 is 12.7 Å². The van der Waals surface area contributed by atoms with Crippen LogP contribution in [0.2, 0.25) is 0 Å². The number of carbonyl (C=O) groups is 2. The van der Waals surface area contributed by atoms with Crippen molar-refractivity contribution < 1.29 is 22.8 Å². The number of anilines is 1. The van der Waals surface area contributed by atoms with E-state index in [1.807, 2.05) is 25.1 Å². The first kappa shape index (κ1) is 26.2. The summed E-state index contributed by atoms with van der Waals surface area (Å²) in [6.07, 6.45) is 0.0827. The van der Waals surface area contributed by atoms with E-state index >= 15 is 0 Å². The van der Waals surface area contributed by atoms with Gasteiger partial charge in [-0.15, -0.1) is 0 Å². The maximum absolute atomic E-state index is 12.9. The van der Waals surface area contributed by atoms with Crippen molar-refractivity contribution in [2.75, 3.05) is 38.5 Å². The molecule has 1 saturated heterocycles. The molecule has 3 heterocycles. The normalized spacial score (nSPS) is 14.9. The second kappa shape index (κ2) is 10.4. The summed E-state index contributed by atoms with van der Waals surface area (Å²) in [7, 11) is 0. The highest BCUT2D eigenvalue weighted by Crippen LogP contribution is 2.22. The average molecular weight is 538 g/mol. The molecule has 1 amide bonds. The number of nitrogens with two attached hydrogens (primary N) is 1. The van der Waals surface area contributed by atoms with Gasteiger partial charge in [0.2, 0.25) is 0 Å². The molecule has 1 aliphatic heterocycles. The Kier molecular flexibility index (Phi) is 6.96. The minimum atomic E-state index is -4.26. The molecule has 0 atom stereocenters. The van der Waals surface area contributed by atoms with E-state index in [0.717, 1.165) is 16.9 Å². The van der Waals surface area contributed by atoms with E-state index in [0.29, 0.717) is 16.8 Å². The van der Waals surface area contributed by atoms with Crippen LogP contribution in [0.4, 0.5) is 19.0 Å². The number of allylic oxidation sites excluding steroid dienone is 1. The van der Waals surface area contributed by atoms with Gasteiger partial charge in [0.25, 0.3) is 5.91 Å². The van der Waals surface area contributed by atoms with Gasteiger partial charge in [-0.3, -0.25) is 14.5 Å². The van der Waals surface area contributed by atoms with Crippen LogP contribution in [-0.2, 0) is 0 Å². The Bertz CT molecular complexity index is 1560. The number of alkyl halides is 3. The van der Waals surface area contributed by atoms with Crippen molar-refractivity contribution in [3.05, 3.63) is 77.3 Å². The predicted molar refractivity (Wildman–Crippen MR) is 141 cm³/mol. The summed E-state index contributed by atoms with van der Waals surface area (Å²) in [6, 6.07) is 12.2. The molecule has 2 aromatic carbocycles. The number of piperazine rings is 1. The average Bonchev–Trinajstić information content (AvgIpc) is 3.47. The van der Waals surface area contributed by atoms with Gasteiger partial charge in [0.1, 0.15) is 11.6 Å². The predicted octanol–water partition coefficient (Wildman–Crippen LogP) is 3.86. The van der Waals surface area contributed by atoms with E-state index in [-0.39, 0.29) is 49.3 Å². The quantitative estimate of drug-likeness (QED) is 0.285. The Morgan fingerprint density at radius 3 is 2.62 bits per heavy atom. The summed E-state index contributed by atoms with van der Waals surface area (Å²) in [5.74, 6) is 0.354. The standard InChI is InChI=1S/C27H26F3N7O2/c1-17-33-22-7-6-20(14-23(22)34-17)37-25(31)21(15-32-37)24(38)8-5-18-3-2-4-19(13-18)26(39)36-11-9-35(10-12-36)16-27(28,29)30/h2-8,13-15H,9-12,16,31H2,1H3,(H,33,34). The van der Waals surface area contributed by atoms with Crippen LogP contribution in [0.1, 0.15) is 32.1 Å². The van der Waals surface area contributed by atoms with E-state index in [1.54, 1.807) is 30.3 Å². The van der Waals surface area contributed by atoms with Crippen LogP contribution in [0.3, 0.4) is 0 Å². The molecule has 0 spiro atoms. The molecule has 0 radical (unpaired) electrons. The fourth-order valence-electron chi connectivity index (χ4n) is 4.59. The largest absolute Gasteiger partial charge is 0.401 e. The van der Waals surface area contributed by atoms with Crippen LogP contribution < -0.4 is 5.73 Å². The zero-order valence-electron chi connectivity index (χ0n) is 21.1. The third-order valence-electron chi connectivity index (χ3n) is 6.52. The molecular formula is C27H26F3N7O2. The maximum Gasteiger partial charge on any atom is 0.401 e. The molecule has 202 valence electrons. The molecule has 9 nitrogen and oxygen atoms in total. The third-order valence-corrected chi connectivity index (χ3v) is 6.52. The molecule has 3 N–H and O–H groups in total. The SMILES string of the molecule is Cc1nc2ccc(-n3ncc(C(=O)C=Cc4cccc(C(=O)N5CCN(CC(F)(F)F)CC5)c4)c3N)cc2[nH]1. The Labute approximate surface area is 221 Å². The number of carbonyl (C=O) groups excluding carboxylic acids is 2. The van der Waals surface area contributed by atoms with Crippen LogP contribution in [0, 0.1) is 6.92 Å². The maximum atomic E-state index is 12.9. The van der Waals surface area contributed by atoms with Gasteiger partial charge in [0, 0.05) is 31.7 Å². The van der Waals surface area contributed by atoms with Crippen molar-refractivity contribution in [1.29, 1.82) is 0 Å². The number of halogens is 3. The van der Waals surface area contributed by atoms with Gasteiger partial charge in [0.05, 0.1) is 35.0 Å². The lowest BCUT2D eigenvalue weighted by Gasteiger charge is -2.35. The molecule has 0 saturated carbocycles. The molecule has 2 aromatic heterocycles. The lowest BCUT2D eigenvalue weighted by atomic mass is 10.1. The van der Waals surface area contributed by atoms with Crippen LogP contribution in [0.15, 0.2) is 54.7 Å². The Morgan fingerprint density at radius 2 is 1.87 bits per heavy atom. The van der Waals surface area contributed by atoms with Crippen molar-refractivity contribution in [2.24, 2.45) is 0 Å².